The van der Waals surface area contributed by atoms with Crippen LogP contribution in [0.5, 0.6) is 0 Å². The number of aliphatic carboxylic acids is 1. The Kier molecular flexibility index (Phi) is 11.1. The number of hydrogen-bond acceptors (Lipinski definition) is 9. The van der Waals surface area contributed by atoms with E-state index in [2.05, 4.69) is 41.5 Å². The van der Waals surface area contributed by atoms with Crippen molar-refractivity contribution in [1.82, 2.24) is 10.3 Å². The SMILES string of the molecule is CC[C@H]1C[C@]23OC(=O)C(=C(O)[C@@]4(CC)[C@@H]5CC[C@H](C)[C@H](O[C@H]6C[C@@H](O)[C@H](NC(=O)c7ccc[nH]7)[C@@H](C)O6)[C@H]5C=C[C@H]4CC=CCC(C)=C[C@@]2(C)C=C1C(=O)O)C3=O. The molecule has 3 heterocycles. The fourth-order valence-corrected chi connectivity index (χ4v) is 11.3. The molecule has 2 aliphatic heterocycles. The zero-order valence-electron chi connectivity index (χ0n) is 33.8. The fourth-order valence-electron chi connectivity index (χ4n) is 11.3. The minimum atomic E-state index is -1.73. The second kappa shape index (κ2) is 15.5. The lowest BCUT2D eigenvalue weighted by Crippen LogP contribution is -2.58. The van der Waals surface area contributed by atoms with Gasteiger partial charge in [0.2, 0.25) is 5.78 Å². The van der Waals surface area contributed by atoms with E-state index in [0.29, 0.717) is 37.8 Å². The molecule has 2 bridgehead atoms. The molecule has 308 valence electrons. The van der Waals surface area contributed by atoms with Crippen LogP contribution in [0.3, 0.4) is 0 Å². The maximum atomic E-state index is 15.1. The highest BCUT2D eigenvalue weighted by Crippen LogP contribution is 2.61. The number of ketones is 1. The van der Waals surface area contributed by atoms with E-state index in [1.54, 1.807) is 38.3 Å². The summed E-state index contributed by atoms with van der Waals surface area (Å²) in [5.74, 6) is -4.35. The monoisotopic (exact) mass is 786 g/mol. The summed E-state index contributed by atoms with van der Waals surface area (Å²) in [7, 11) is 0. The molecule has 1 saturated carbocycles. The number of allylic oxidation sites excluding steroid dienone is 5. The predicted octanol–water partition coefficient (Wildman–Crippen LogP) is 6.66. The third kappa shape index (κ3) is 6.75. The summed E-state index contributed by atoms with van der Waals surface area (Å²) in [5.41, 5.74) is -2.93. The van der Waals surface area contributed by atoms with E-state index in [0.717, 1.165) is 12.0 Å². The van der Waals surface area contributed by atoms with Gasteiger partial charge in [-0.15, -0.1) is 0 Å². The molecular formula is C45H58N2O10. The van der Waals surface area contributed by atoms with Gasteiger partial charge in [-0.25, -0.2) is 9.59 Å². The molecule has 57 heavy (non-hydrogen) atoms. The number of esters is 1. The van der Waals surface area contributed by atoms with Crippen LogP contribution in [0.25, 0.3) is 0 Å². The number of fused-ring (bicyclic) bond motifs is 4. The van der Waals surface area contributed by atoms with Gasteiger partial charge in [-0.1, -0.05) is 62.8 Å². The van der Waals surface area contributed by atoms with Crippen LogP contribution in [-0.2, 0) is 28.6 Å². The number of H-pyrrole nitrogens is 1. The number of rotatable bonds is 7. The Morgan fingerprint density at radius 1 is 1.11 bits per heavy atom. The minimum absolute atomic E-state index is 0.0107. The number of carboxylic acids is 1. The average Bonchev–Trinajstić information content (AvgIpc) is 3.79. The van der Waals surface area contributed by atoms with Crippen molar-refractivity contribution in [2.75, 3.05) is 0 Å². The molecule has 13 atom stereocenters. The summed E-state index contributed by atoms with van der Waals surface area (Å²) in [5, 5.41) is 37.2. The lowest BCUT2D eigenvalue weighted by molar-refractivity contribution is -0.258. The van der Waals surface area contributed by atoms with Crippen LogP contribution in [0.4, 0.5) is 0 Å². The Labute approximate surface area is 334 Å². The summed E-state index contributed by atoms with van der Waals surface area (Å²) < 4.78 is 19.4. The number of carbonyl (C=O) groups is 4. The molecule has 1 aromatic heterocycles. The van der Waals surface area contributed by atoms with Crippen LogP contribution in [0.2, 0.25) is 0 Å². The second-order valence-corrected chi connectivity index (χ2v) is 17.5. The molecule has 1 spiro atoms. The number of ether oxygens (including phenoxy) is 3. The van der Waals surface area contributed by atoms with Crippen LogP contribution in [0.15, 0.2) is 77.3 Å². The molecule has 1 aromatic rings. The van der Waals surface area contributed by atoms with Gasteiger partial charge in [0.15, 0.2) is 11.9 Å². The molecule has 0 unspecified atom stereocenters. The largest absolute Gasteiger partial charge is 0.511 e. The lowest BCUT2D eigenvalue weighted by atomic mass is 9.51. The van der Waals surface area contributed by atoms with Gasteiger partial charge in [-0.2, -0.15) is 0 Å². The minimum Gasteiger partial charge on any atom is -0.511 e. The topological polar surface area (TPSA) is 184 Å². The summed E-state index contributed by atoms with van der Waals surface area (Å²) >= 11 is 0. The van der Waals surface area contributed by atoms with Crippen LogP contribution < -0.4 is 5.32 Å². The molecule has 0 radical (unpaired) electrons. The van der Waals surface area contributed by atoms with E-state index >= 15 is 4.79 Å². The van der Waals surface area contributed by atoms with Crippen LogP contribution in [0.1, 0.15) is 103 Å². The Hall–Kier alpha value is -4.26. The first kappa shape index (κ1) is 40.9. The molecule has 2 saturated heterocycles. The summed E-state index contributed by atoms with van der Waals surface area (Å²) in [4.78, 5) is 57.6. The molecule has 0 aromatic carbocycles. The van der Waals surface area contributed by atoms with Crippen LogP contribution >= 0.6 is 0 Å². The highest BCUT2D eigenvalue weighted by atomic mass is 16.7. The first-order chi connectivity index (χ1) is 27.1. The van der Waals surface area contributed by atoms with Crippen molar-refractivity contribution in [2.24, 2.45) is 40.4 Å². The Morgan fingerprint density at radius 2 is 1.88 bits per heavy atom. The molecule has 6 aliphatic rings. The molecule has 4 aliphatic carbocycles. The zero-order valence-corrected chi connectivity index (χ0v) is 33.8. The number of nitrogens with one attached hydrogen (secondary N) is 2. The molecule has 12 heteroatoms. The van der Waals surface area contributed by atoms with Crippen molar-refractivity contribution in [2.45, 2.75) is 129 Å². The molecule has 12 nitrogen and oxygen atoms in total. The number of carboxylic acid groups (broad SMARTS) is 1. The Bertz CT molecular complexity index is 1920. The molecule has 5 N–H and O–H groups in total. The van der Waals surface area contributed by atoms with Crippen molar-refractivity contribution in [1.29, 1.82) is 0 Å². The number of Topliss-reactive ketones (excluding diaryl/α,β-unsaturated/α-hetero) is 1. The summed E-state index contributed by atoms with van der Waals surface area (Å²) in [6.07, 6.45) is 14.5. The maximum Gasteiger partial charge on any atom is 0.346 e. The number of aromatic amines is 1. The smallest absolute Gasteiger partial charge is 0.346 e. The van der Waals surface area contributed by atoms with Crippen molar-refractivity contribution in [3.05, 3.63) is 83.0 Å². The summed E-state index contributed by atoms with van der Waals surface area (Å²) in [6, 6.07) is 2.74. The van der Waals surface area contributed by atoms with Crippen LogP contribution in [0, 0.1) is 40.4 Å². The summed E-state index contributed by atoms with van der Waals surface area (Å²) in [6.45, 7) is 11.5. The van der Waals surface area contributed by atoms with Gasteiger partial charge in [0.1, 0.15) is 17.0 Å². The number of carbonyl (C=O) groups excluding carboxylic acids is 3. The van der Waals surface area contributed by atoms with Gasteiger partial charge in [-0.05, 0) is 95.1 Å². The Morgan fingerprint density at radius 3 is 2.54 bits per heavy atom. The van der Waals surface area contributed by atoms with Crippen molar-refractivity contribution in [3.63, 3.8) is 0 Å². The van der Waals surface area contributed by atoms with E-state index < -0.39 is 64.6 Å². The maximum absolute atomic E-state index is 15.1. The Balaban J connectivity index is 1.25. The number of amides is 1. The van der Waals surface area contributed by atoms with Crippen molar-refractivity contribution in [3.8, 4) is 0 Å². The first-order valence-corrected chi connectivity index (χ1v) is 20.7. The fraction of sp³-hybridized carbons (Fsp3) is 0.600. The van der Waals surface area contributed by atoms with Gasteiger partial charge in [0, 0.05) is 35.9 Å². The third-order valence-electron chi connectivity index (χ3n) is 14.3. The van der Waals surface area contributed by atoms with E-state index in [4.69, 9.17) is 14.2 Å². The van der Waals surface area contributed by atoms with E-state index in [9.17, 15) is 29.7 Å². The van der Waals surface area contributed by atoms with Gasteiger partial charge >= 0.3 is 11.9 Å². The number of aliphatic hydroxyl groups is 2. The quantitative estimate of drug-likeness (QED) is 0.114. The first-order valence-electron chi connectivity index (χ1n) is 20.7. The van der Waals surface area contributed by atoms with E-state index in [1.807, 2.05) is 26.8 Å². The number of aliphatic hydroxyl groups excluding tert-OH is 2. The van der Waals surface area contributed by atoms with Gasteiger partial charge in [0.25, 0.3) is 5.91 Å². The van der Waals surface area contributed by atoms with Crippen molar-refractivity contribution < 1.29 is 48.7 Å². The molecule has 3 fully saturated rings. The zero-order chi connectivity index (χ0) is 41.0. The lowest BCUT2D eigenvalue weighted by Gasteiger charge is -2.55. The normalized spacial score (nSPS) is 40.6. The average molecular weight is 787 g/mol. The predicted molar refractivity (Wildman–Crippen MR) is 210 cm³/mol. The second-order valence-electron chi connectivity index (χ2n) is 17.5. The highest BCUT2D eigenvalue weighted by Gasteiger charge is 2.67. The molecule has 7 rings (SSSR count). The van der Waals surface area contributed by atoms with Gasteiger partial charge in [0.05, 0.1) is 29.8 Å². The van der Waals surface area contributed by atoms with Crippen molar-refractivity contribution >= 4 is 23.6 Å². The highest BCUT2D eigenvalue weighted by molar-refractivity contribution is 6.26. The van der Waals surface area contributed by atoms with E-state index in [1.165, 1.54) is 0 Å². The van der Waals surface area contributed by atoms with E-state index in [-0.39, 0.29) is 65.4 Å². The number of aromatic nitrogens is 1. The van der Waals surface area contributed by atoms with Gasteiger partial charge < -0.3 is 39.8 Å². The molecule has 1 amide bonds. The van der Waals surface area contributed by atoms with Crippen LogP contribution in [-0.4, -0.2) is 80.2 Å². The van der Waals surface area contributed by atoms with Gasteiger partial charge in [-0.3, -0.25) is 9.59 Å². The number of hydrogen-bond donors (Lipinski definition) is 5. The molecular weight excluding hydrogens is 728 g/mol. The third-order valence-corrected chi connectivity index (χ3v) is 14.3. The standard InChI is InChI=1S/C45H58N2O10/c1-7-27-22-45-39(50)35(42(54)57-45)38(49)44(8-2)28(13-10-9-12-24(3)21-43(45,6)23-30(27)41(52)53)16-17-29-31(44)18-15-25(4)37(29)56-34-20-33(48)36(26(5)55-34)47-40(51)32-14-11-19-46-32/h9-11,14,16-17,19,21,23,25-29,31,33-34,36-37,46,48-49H,7-8,12-13,15,18,20,22H2,1-6H3,(H,47,51)(H,52,53)/t25-,26+,27-,28+,29-,31+,33+,34-,36+,37-,43-,44+,45+/m0/s1.